The highest BCUT2D eigenvalue weighted by Gasteiger charge is 2.22. The van der Waals surface area contributed by atoms with Crippen LogP contribution in [0.5, 0.6) is 5.75 Å². The molecule has 6 nitrogen and oxygen atoms in total. The number of aryl methyl sites for hydroxylation is 1. The highest BCUT2D eigenvalue weighted by atomic mass is 19.1. The first-order valence-electron chi connectivity index (χ1n) is 8.27. The molecular formula is C18H25FN4O2. The zero-order valence-electron chi connectivity index (χ0n) is 15.0. The van der Waals surface area contributed by atoms with Crippen molar-refractivity contribution in [2.24, 2.45) is 11.7 Å². The molecular weight excluding hydrogens is 323 g/mol. The first-order valence-corrected chi connectivity index (χ1v) is 8.27. The Bertz CT molecular complexity index is 758. The van der Waals surface area contributed by atoms with E-state index in [4.69, 9.17) is 5.73 Å². The zero-order chi connectivity index (χ0) is 18.7. The summed E-state index contributed by atoms with van der Waals surface area (Å²) in [5.41, 5.74) is 7.22. The maximum absolute atomic E-state index is 13.2. The summed E-state index contributed by atoms with van der Waals surface area (Å²) in [7, 11) is 1.65. The molecule has 1 atom stereocenters. The van der Waals surface area contributed by atoms with Gasteiger partial charge >= 0.3 is 0 Å². The van der Waals surface area contributed by atoms with E-state index in [1.165, 1.54) is 27.9 Å². The molecule has 1 aromatic carbocycles. The van der Waals surface area contributed by atoms with Gasteiger partial charge in [0.25, 0.3) is 5.91 Å². The highest BCUT2D eigenvalue weighted by Crippen LogP contribution is 2.22. The third-order valence-corrected chi connectivity index (χ3v) is 4.30. The molecule has 2 aromatic rings. The van der Waals surface area contributed by atoms with Crippen molar-refractivity contribution in [3.05, 3.63) is 41.5 Å². The van der Waals surface area contributed by atoms with Gasteiger partial charge in [0.2, 0.25) is 0 Å². The van der Waals surface area contributed by atoms with Gasteiger partial charge in [0.15, 0.2) is 11.4 Å². The van der Waals surface area contributed by atoms with E-state index in [1.54, 1.807) is 20.0 Å². The monoisotopic (exact) mass is 348 g/mol. The van der Waals surface area contributed by atoms with E-state index in [9.17, 15) is 14.3 Å². The summed E-state index contributed by atoms with van der Waals surface area (Å²) < 4.78 is 14.6. The number of halogens is 1. The van der Waals surface area contributed by atoms with Crippen molar-refractivity contribution in [3.63, 3.8) is 0 Å². The topological polar surface area (TPSA) is 84.4 Å². The number of aromatic nitrogens is 2. The molecule has 2 rings (SSSR count). The molecule has 0 aliphatic carbocycles. The van der Waals surface area contributed by atoms with Crippen LogP contribution in [0.2, 0.25) is 0 Å². The van der Waals surface area contributed by atoms with E-state index < -0.39 is 0 Å². The van der Waals surface area contributed by atoms with Gasteiger partial charge in [-0.25, -0.2) is 9.07 Å². The first kappa shape index (κ1) is 18.9. The Hall–Kier alpha value is -2.41. The lowest BCUT2D eigenvalue weighted by molar-refractivity contribution is 0.0780. The van der Waals surface area contributed by atoms with Crippen molar-refractivity contribution < 1.29 is 14.3 Å². The average Bonchev–Trinajstić information content (AvgIpc) is 2.92. The molecule has 1 unspecified atom stereocenters. The van der Waals surface area contributed by atoms with Crippen molar-refractivity contribution in [1.29, 1.82) is 0 Å². The first-order chi connectivity index (χ1) is 11.7. The average molecular weight is 348 g/mol. The Labute approximate surface area is 147 Å². The second-order valence-corrected chi connectivity index (χ2v) is 6.66. The summed E-state index contributed by atoms with van der Waals surface area (Å²) >= 11 is 0. The van der Waals surface area contributed by atoms with Gasteiger partial charge in [-0.05, 0) is 43.0 Å². The maximum Gasteiger partial charge on any atom is 0.277 e. The lowest BCUT2D eigenvalue weighted by Crippen LogP contribution is -2.34. The second kappa shape index (κ2) is 7.65. The minimum absolute atomic E-state index is 0.00303. The minimum Gasteiger partial charge on any atom is -0.504 e. The van der Waals surface area contributed by atoms with Gasteiger partial charge in [0.1, 0.15) is 5.82 Å². The van der Waals surface area contributed by atoms with Crippen molar-refractivity contribution in [2.75, 3.05) is 13.6 Å². The molecule has 7 heteroatoms. The number of aromatic hydroxyl groups is 1. The quantitative estimate of drug-likeness (QED) is 0.840. The van der Waals surface area contributed by atoms with E-state index in [0.29, 0.717) is 30.1 Å². The number of nitrogens with zero attached hydrogens (tertiary/aromatic N) is 3. The fourth-order valence-electron chi connectivity index (χ4n) is 2.47. The predicted octanol–water partition coefficient (Wildman–Crippen LogP) is 2.47. The molecule has 25 heavy (non-hydrogen) atoms. The summed E-state index contributed by atoms with van der Waals surface area (Å²) in [4.78, 5) is 14.0. The summed E-state index contributed by atoms with van der Waals surface area (Å²) in [6.07, 6.45) is 2.01. The highest BCUT2D eigenvalue weighted by molar-refractivity contribution is 5.94. The molecule has 1 amide bonds. The van der Waals surface area contributed by atoms with Crippen LogP contribution in [0.4, 0.5) is 4.39 Å². The Kier molecular flexibility index (Phi) is 5.79. The van der Waals surface area contributed by atoms with Crippen LogP contribution in [0.15, 0.2) is 24.4 Å². The van der Waals surface area contributed by atoms with Crippen molar-refractivity contribution in [3.8, 4) is 11.4 Å². The molecule has 1 aromatic heterocycles. The van der Waals surface area contributed by atoms with Crippen LogP contribution >= 0.6 is 0 Å². The molecule has 0 bridgehead atoms. The smallest absolute Gasteiger partial charge is 0.277 e. The van der Waals surface area contributed by atoms with Gasteiger partial charge in [0.05, 0.1) is 11.9 Å². The molecule has 0 radical (unpaired) electrons. The van der Waals surface area contributed by atoms with E-state index >= 15 is 0 Å². The molecule has 136 valence electrons. The normalized spacial score (nSPS) is 12.4. The van der Waals surface area contributed by atoms with Gasteiger partial charge in [-0.3, -0.25) is 4.79 Å². The number of amides is 1. The summed E-state index contributed by atoms with van der Waals surface area (Å²) in [5.74, 6) is -0.617. The lowest BCUT2D eigenvalue weighted by Gasteiger charge is -2.20. The fourth-order valence-corrected chi connectivity index (χ4v) is 2.47. The lowest BCUT2D eigenvalue weighted by atomic mass is 10.0. The fraction of sp³-hybridized carbons (Fsp3) is 0.444. The summed E-state index contributed by atoms with van der Waals surface area (Å²) in [6.45, 7) is 6.27. The van der Waals surface area contributed by atoms with Gasteiger partial charge in [-0.2, -0.15) is 5.10 Å². The largest absolute Gasteiger partial charge is 0.504 e. The number of hydrogen-bond acceptors (Lipinski definition) is 4. The third-order valence-electron chi connectivity index (χ3n) is 4.30. The van der Waals surface area contributed by atoms with Crippen LogP contribution in [-0.4, -0.2) is 45.3 Å². The number of rotatable bonds is 6. The third kappa shape index (κ3) is 4.36. The van der Waals surface area contributed by atoms with Crippen molar-refractivity contribution in [1.82, 2.24) is 14.7 Å². The van der Waals surface area contributed by atoms with Gasteiger partial charge < -0.3 is 15.7 Å². The molecule has 1 heterocycles. The van der Waals surface area contributed by atoms with Crippen LogP contribution < -0.4 is 5.73 Å². The number of nitrogens with two attached hydrogens (primary N) is 1. The zero-order valence-corrected chi connectivity index (χ0v) is 15.0. The van der Waals surface area contributed by atoms with Crippen molar-refractivity contribution >= 4 is 5.91 Å². The summed E-state index contributed by atoms with van der Waals surface area (Å²) in [6, 6.07) is 4.23. The Morgan fingerprint density at radius 3 is 2.72 bits per heavy atom. The van der Waals surface area contributed by atoms with Crippen LogP contribution in [0.3, 0.4) is 0 Å². The van der Waals surface area contributed by atoms with Crippen molar-refractivity contribution in [2.45, 2.75) is 33.2 Å². The maximum atomic E-state index is 13.2. The molecule has 3 N–H and O–H groups in total. The van der Waals surface area contributed by atoms with E-state index in [2.05, 4.69) is 5.10 Å². The molecule has 0 saturated heterocycles. The number of carbonyl (C=O) groups is 1. The van der Waals surface area contributed by atoms with Gasteiger partial charge in [-0.1, -0.05) is 13.8 Å². The summed E-state index contributed by atoms with van der Waals surface area (Å²) in [5, 5.41) is 14.3. The van der Waals surface area contributed by atoms with Gasteiger partial charge in [-0.15, -0.1) is 0 Å². The molecule has 0 fully saturated rings. The van der Waals surface area contributed by atoms with Crippen LogP contribution in [0.25, 0.3) is 5.69 Å². The Morgan fingerprint density at radius 1 is 1.44 bits per heavy atom. The number of hydrogen-bond donors (Lipinski definition) is 2. The molecule has 0 aliphatic heterocycles. The SMILES string of the molecule is Cc1cc(F)ccc1-n1cc(O)c(C(=O)N(C)CCC(N)C(C)C)n1. The van der Waals surface area contributed by atoms with E-state index in [1.807, 2.05) is 13.8 Å². The van der Waals surface area contributed by atoms with Crippen LogP contribution in [0, 0.1) is 18.7 Å². The Balaban J connectivity index is 2.17. The van der Waals surface area contributed by atoms with Gasteiger partial charge in [0, 0.05) is 19.6 Å². The number of benzene rings is 1. The Morgan fingerprint density at radius 2 is 2.12 bits per heavy atom. The van der Waals surface area contributed by atoms with Crippen LogP contribution in [-0.2, 0) is 0 Å². The molecule has 0 spiro atoms. The standard InChI is InChI=1S/C18H25FN4O2/c1-11(2)14(20)7-8-22(4)18(25)17-16(24)10-23(21-17)15-6-5-13(19)9-12(15)3/h5-6,9-11,14,24H,7-8,20H2,1-4H3. The molecule has 0 saturated carbocycles. The second-order valence-electron chi connectivity index (χ2n) is 6.66. The van der Waals surface area contributed by atoms with E-state index in [-0.39, 0.29) is 29.2 Å². The molecule has 0 aliphatic rings. The van der Waals surface area contributed by atoms with E-state index in [0.717, 1.165) is 0 Å². The minimum atomic E-state index is -0.382. The predicted molar refractivity (Wildman–Crippen MR) is 94.3 cm³/mol. The van der Waals surface area contributed by atoms with Crippen LogP contribution in [0.1, 0.15) is 36.3 Å². The number of carbonyl (C=O) groups excluding carboxylic acids is 1.